The highest BCUT2D eigenvalue weighted by Crippen LogP contribution is 2.26. The van der Waals surface area contributed by atoms with Gasteiger partial charge in [0.2, 0.25) is 0 Å². The number of hydrogen-bond acceptors (Lipinski definition) is 5. The van der Waals surface area contributed by atoms with Gasteiger partial charge in [0.25, 0.3) is 0 Å². The van der Waals surface area contributed by atoms with E-state index >= 15 is 0 Å². The second-order valence-electron chi connectivity index (χ2n) is 2.92. The van der Waals surface area contributed by atoms with E-state index in [1.165, 1.54) is 0 Å². The van der Waals surface area contributed by atoms with Gasteiger partial charge in [-0.1, -0.05) is 11.3 Å². The summed E-state index contributed by atoms with van der Waals surface area (Å²) in [6.07, 6.45) is 1.67. The number of furan rings is 1. The molecule has 0 bridgehead atoms. The summed E-state index contributed by atoms with van der Waals surface area (Å²) in [7, 11) is 1.89. The van der Waals surface area contributed by atoms with E-state index in [2.05, 4.69) is 15.5 Å². The second kappa shape index (κ2) is 3.89. The monoisotopic (exact) mass is 209 g/mol. The summed E-state index contributed by atoms with van der Waals surface area (Å²) in [6.45, 7) is 2.68. The first kappa shape index (κ1) is 9.36. The lowest BCUT2D eigenvalue weighted by Crippen LogP contribution is -2.04. The summed E-state index contributed by atoms with van der Waals surface area (Å²) >= 11 is 1.58. The third-order valence-corrected chi connectivity index (χ3v) is 2.84. The molecule has 0 aromatic carbocycles. The van der Waals surface area contributed by atoms with Crippen molar-refractivity contribution in [3.05, 3.63) is 23.1 Å². The van der Waals surface area contributed by atoms with Gasteiger partial charge in [0.1, 0.15) is 10.8 Å². The zero-order valence-corrected chi connectivity index (χ0v) is 8.89. The maximum atomic E-state index is 5.21. The molecule has 2 heterocycles. The van der Waals surface area contributed by atoms with Crippen molar-refractivity contribution in [3.8, 4) is 10.6 Å². The zero-order valence-electron chi connectivity index (χ0n) is 8.07. The average molecular weight is 209 g/mol. The van der Waals surface area contributed by atoms with E-state index in [0.29, 0.717) is 0 Å². The topological polar surface area (TPSA) is 51.0 Å². The highest BCUT2D eigenvalue weighted by molar-refractivity contribution is 7.14. The molecule has 0 amide bonds. The Morgan fingerprint density at radius 2 is 2.36 bits per heavy atom. The lowest BCUT2D eigenvalue weighted by Gasteiger charge is -1.90. The van der Waals surface area contributed by atoms with Crippen LogP contribution in [0, 0.1) is 6.92 Å². The Labute approximate surface area is 86.0 Å². The minimum atomic E-state index is 0.758. The molecule has 2 aromatic heterocycles. The van der Waals surface area contributed by atoms with Crippen LogP contribution in [0.2, 0.25) is 0 Å². The summed E-state index contributed by atoms with van der Waals surface area (Å²) in [6, 6.07) is 1.92. The standard InChI is InChI=1S/C9H11N3OS/c1-6-7(3-4-13-6)9-12-11-8(14-9)5-10-2/h3-4,10H,5H2,1-2H3. The van der Waals surface area contributed by atoms with Crippen molar-refractivity contribution in [2.45, 2.75) is 13.5 Å². The molecule has 4 nitrogen and oxygen atoms in total. The van der Waals surface area contributed by atoms with Crippen LogP contribution < -0.4 is 5.32 Å². The highest BCUT2D eigenvalue weighted by Gasteiger charge is 2.10. The van der Waals surface area contributed by atoms with E-state index in [4.69, 9.17) is 4.42 Å². The van der Waals surface area contributed by atoms with Gasteiger partial charge >= 0.3 is 0 Å². The molecule has 0 fully saturated rings. The maximum absolute atomic E-state index is 5.21. The fraction of sp³-hybridized carbons (Fsp3) is 0.333. The predicted octanol–water partition coefficient (Wildman–Crippen LogP) is 1.83. The summed E-state index contributed by atoms with van der Waals surface area (Å²) in [5, 5.41) is 13.1. The van der Waals surface area contributed by atoms with Crippen LogP contribution in [0.5, 0.6) is 0 Å². The van der Waals surface area contributed by atoms with Gasteiger partial charge in [-0.25, -0.2) is 0 Å². The molecule has 0 spiro atoms. The first-order chi connectivity index (χ1) is 6.81. The summed E-state index contributed by atoms with van der Waals surface area (Å²) in [5.74, 6) is 0.886. The SMILES string of the molecule is CNCc1nnc(-c2ccoc2C)s1. The van der Waals surface area contributed by atoms with E-state index in [9.17, 15) is 0 Å². The Morgan fingerprint density at radius 3 is 3.00 bits per heavy atom. The summed E-state index contributed by atoms with van der Waals surface area (Å²) < 4.78 is 5.21. The Kier molecular flexibility index (Phi) is 2.60. The first-order valence-corrected chi connectivity index (χ1v) is 5.14. The van der Waals surface area contributed by atoms with Gasteiger partial charge in [0.15, 0.2) is 5.01 Å². The van der Waals surface area contributed by atoms with Gasteiger partial charge in [0.05, 0.1) is 11.8 Å². The molecule has 0 aliphatic rings. The Bertz CT molecular complexity index is 421. The first-order valence-electron chi connectivity index (χ1n) is 4.32. The quantitative estimate of drug-likeness (QED) is 0.837. The maximum Gasteiger partial charge on any atom is 0.151 e. The zero-order chi connectivity index (χ0) is 9.97. The van der Waals surface area contributed by atoms with Crippen LogP contribution >= 0.6 is 11.3 Å². The highest BCUT2D eigenvalue weighted by atomic mass is 32.1. The van der Waals surface area contributed by atoms with Crippen molar-refractivity contribution >= 4 is 11.3 Å². The normalized spacial score (nSPS) is 10.7. The number of aryl methyl sites for hydroxylation is 1. The van der Waals surface area contributed by atoms with Gasteiger partial charge < -0.3 is 9.73 Å². The molecule has 0 atom stereocenters. The van der Waals surface area contributed by atoms with E-state index in [1.54, 1.807) is 17.6 Å². The summed E-state index contributed by atoms with van der Waals surface area (Å²) in [4.78, 5) is 0. The number of hydrogen-bond donors (Lipinski definition) is 1. The number of aromatic nitrogens is 2. The summed E-state index contributed by atoms with van der Waals surface area (Å²) in [5.41, 5.74) is 1.03. The molecule has 2 aromatic rings. The molecule has 74 valence electrons. The van der Waals surface area contributed by atoms with Crippen LogP contribution in [0.1, 0.15) is 10.8 Å². The van der Waals surface area contributed by atoms with Crippen molar-refractivity contribution in [3.63, 3.8) is 0 Å². The molecule has 5 heteroatoms. The number of nitrogens with zero attached hydrogens (tertiary/aromatic N) is 2. The van der Waals surface area contributed by atoms with Crippen molar-refractivity contribution in [1.29, 1.82) is 0 Å². The lowest BCUT2D eigenvalue weighted by molar-refractivity contribution is 0.535. The molecule has 2 rings (SSSR count). The van der Waals surface area contributed by atoms with Crippen LogP contribution in [-0.2, 0) is 6.54 Å². The third kappa shape index (κ3) is 1.69. The molecule has 14 heavy (non-hydrogen) atoms. The van der Waals surface area contributed by atoms with Crippen LogP contribution in [0.4, 0.5) is 0 Å². The molecule has 0 saturated carbocycles. The fourth-order valence-corrected chi connectivity index (χ4v) is 2.12. The Morgan fingerprint density at radius 1 is 1.50 bits per heavy atom. The van der Waals surface area contributed by atoms with Gasteiger partial charge in [0, 0.05) is 6.54 Å². The van der Waals surface area contributed by atoms with E-state index < -0.39 is 0 Å². The smallest absolute Gasteiger partial charge is 0.151 e. The van der Waals surface area contributed by atoms with E-state index in [1.807, 2.05) is 20.0 Å². The second-order valence-corrected chi connectivity index (χ2v) is 3.98. The van der Waals surface area contributed by atoms with Crippen molar-refractivity contribution in [2.24, 2.45) is 0 Å². The fourth-order valence-electron chi connectivity index (χ4n) is 1.19. The van der Waals surface area contributed by atoms with Gasteiger partial charge in [-0.3, -0.25) is 0 Å². The lowest BCUT2D eigenvalue weighted by atomic mass is 10.3. The molecular formula is C9H11N3OS. The molecule has 0 aliphatic carbocycles. The number of nitrogens with one attached hydrogen (secondary N) is 1. The van der Waals surface area contributed by atoms with Gasteiger partial charge in [-0.15, -0.1) is 10.2 Å². The van der Waals surface area contributed by atoms with E-state index in [0.717, 1.165) is 27.9 Å². The Hall–Kier alpha value is -1.20. The number of rotatable bonds is 3. The largest absolute Gasteiger partial charge is 0.469 e. The van der Waals surface area contributed by atoms with Crippen molar-refractivity contribution in [2.75, 3.05) is 7.05 Å². The predicted molar refractivity (Wildman–Crippen MR) is 55.1 cm³/mol. The average Bonchev–Trinajstić information content (AvgIpc) is 2.74. The van der Waals surface area contributed by atoms with E-state index in [-0.39, 0.29) is 0 Å². The van der Waals surface area contributed by atoms with Crippen molar-refractivity contribution < 1.29 is 4.42 Å². The molecule has 0 radical (unpaired) electrons. The minimum Gasteiger partial charge on any atom is -0.469 e. The van der Waals surface area contributed by atoms with Gasteiger partial charge in [-0.2, -0.15) is 0 Å². The molecule has 0 saturated heterocycles. The van der Waals surface area contributed by atoms with Crippen LogP contribution in [0.25, 0.3) is 10.6 Å². The Balaban J connectivity index is 2.29. The van der Waals surface area contributed by atoms with Crippen LogP contribution in [0.3, 0.4) is 0 Å². The van der Waals surface area contributed by atoms with Crippen molar-refractivity contribution in [1.82, 2.24) is 15.5 Å². The molecule has 0 aliphatic heterocycles. The molecule has 0 unspecified atom stereocenters. The van der Waals surface area contributed by atoms with Gasteiger partial charge in [-0.05, 0) is 20.0 Å². The molecule has 1 N–H and O–H groups in total. The van der Waals surface area contributed by atoms with Crippen LogP contribution in [0.15, 0.2) is 16.7 Å². The molecular weight excluding hydrogens is 198 g/mol. The third-order valence-electron chi connectivity index (χ3n) is 1.88. The van der Waals surface area contributed by atoms with Crippen LogP contribution in [-0.4, -0.2) is 17.2 Å². The minimum absolute atomic E-state index is 0.758.